The highest BCUT2D eigenvalue weighted by Gasteiger charge is 2.20. The summed E-state index contributed by atoms with van der Waals surface area (Å²) < 4.78 is 5.29. The zero-order chi connectivity index (χ0) is 18.5. The quantitative estimate of drug-likeness (QED) is 0.862. The van der Waals surface area contributed by atoms with Gasteiger partial charge in [-0.3, -0.25) is 14.6 Å². The van der Waals surface area contributed by atoms with Gasteiger partial charge in [-0.15, -0.1) is 0 Å². The van der Waals surface area contributed by atoms with E-state index in [9.17, 15) is 4.79 Å². The largest absolute Gasteiger partial charge is 0.360 e. The molecule has 26 heavy (non-hydrogen) atoms. The standard InChI is InChI=1S/C20H28N4O2/c1-4-17-7-5-6-15(2)20(17)21-19(25)14-24-10-8-23(9-11-24)13-18-12-16(3)22-26-18/h5-7,12H,4,8-11,13-14H2,1-3H3,(H,21,25). The summed E-state index contributed by atoms with van der Waals surface area (Å²) in [6, 6.07) is 8.14. The predicted octanol–water partition coefficient (Wildman–Crippen LogP) is 2.61. The summed E-state index contributed by atoms with van der Waals surface area (Å²) in [5, 5.41) is 7.05. The Labute approximate surface area is 155 Å². The number of carbonyl (C=O) groups excluding carboxylic acids is 1. The molecule has 1 saturated heterocycles. The van der Waals surface area contributed by atoms with E-state index in [4.69, 9.17) is 4.52 Å². The van der Waals surface area contributed by atoms with Crippen LogP contribution in [0, 0.1) is 13.8 Å². The number of carbonyl (C=O) groups is 1. The molecule has 1 amide bonds. The van der Waals surface area contributed by atoms with E-state index >= 15 is 0 Å². The van der Waals surface area contributed by atoms with Crippen molar-refractivity contribution >= 4 is 11.6 Å². The summed E-state index contributed by atoms with van der Waals surface area (Å²) in [7, 11) is 0. The Morgan fingerprint density at radius 3 is 2.58 bits per heavy atom. The molecule has 0 bridgehead atoms. The zero-order valence-corrected chi connectivity index (χ0v) is 15.9. The number of aromatic nitrogens is 1. The number of nitrogens with zero attached hydrogens (tertiary/aromatic N) is 3. The lowest BCUT2D eigenvalue weighted by atomic mass is 10.1. The van der Waals surface area contributed by atoms with Crippen LogP contribution in [-0.2, 0) is 17.8 Å². The Bertz CT molecular complexity index is 748. The first-order valence-corrected chi connectivity index (χ1v) is 9.30. The Balaban J connectivity index is 1.48. The summed E-state index contributed by atoms with van der Waals surface area (Å²) in [4.78, 5) is 17.0. The lowest BCUT2D eigenvalue weighted by Gasteiger charge is -2.33. The zero-order valence-electron chi connectivity index (χ0n) is 15.9. The second-order valence-electron chi connectivity index (χ2n) is 7.00. The van der Waals surface area contributed by atoms with Crippen LogP contribution in [-0.4, -0.2) is 53.6 Å². The van der Waals surface area contributed by atoms with Gasteiger partial charge in [0.2, 0.25) is 5.91 Å². The molecule has 0 radical (unpaired) electrons. The van der Waals surface area contributed by atoms with Gasteiger partial charge < -0.3 is 9.84 Å². The minimum atomic E-state index is 0.0632. The minimum Gasteiger partial charge on any atom is -0.360 e. The molecule has 2 heterocycles. The molecule has 0 atom stereocenters. The van der Waals surface area contributed by atoms with Gasteiger partial charge in [0, 0.05) is 37.9 Å². The van der Waals surface area contributed by atoms with E-state index in [1.54, 1.807) is 0 Å². The average molecular weight is 356 g/mol. The van der Waals surface area contributed by atoms with Gasteiger partial charge in [0.15, 0.2) is 5.76 Å². The predicted molar refractivity (Wildman–Crippen MR) is 102 cm³/mol. The Kier molecular flexibility index (Phi) is 6.06. The first-order chi connectivity index (χ1) is 12.5. The second-order valence-corrected chi connectivity index (χ2v) is 7.00. The maximum absolute atomic E-state index is 12.5. The number of benzene rings is 1. The van der Waals surface area contributed by atoms with Crippen LogP contribution < -0.4 is 5.32 Å². The van der Waals surface area contributed by atoms with Crippen LogP contribution in [0.25, 0.3) is 0 Å². The van der Waals surface area contributed by atoms with Crippen molar-refractivity contribution in [2.24, 2.45) is 0 Å². The highest BCUT2D eigenvalue weighted by atomic mass is 16.5. The van der Waals surface area contributed by atoms with E-state index in [0.29, 0.717) is 6.54 Å². The molecule has 0 saturated carbocycles. The number of amides is 1. The first-order valence-electron chi connectivity index (χ1n) is 9.30. The molecule has 1 aromatic heterocycles. The third-order valence-corrected chi connectivity index (χ3v) is 4.89. The number of para-hydroxylation sites is 1. The monoisotopic (exact) mass is 356 g/mol. The lowest BCUT2D eigenvalue weighted by Crippen LogP contribution is -2.48. The van der Waals surface area contributed by atoms with Crippen molar-refractivity contribution in [1.29, 1.82) is 0 Å². The van der Waals surface area contributed by atoms with Crippen molar-refractivity contribution in [3.8, 4) is 0 Å². The third-order valence-electron chi connectivity index (χ3n) is 4.89. The molecule has 6 heteroatoms. The van der Waals surface area contributed by atoms with Crippen LogP contribution in [0.15, 0.2) is 28.8 Å². The fourth-order valence-corrected chi connectivity index (χ4v) is 3.40. The maximum atomic E-state index is 12.5. The highest BCUT2D eigenvalue weighted by molar-refractivity contribution is 5.93. The third kappa shape index (κ3) is 4.71. The lowest BCUT2D eigenvalue weighted by molar-refractivity contribution is -0.117. The maximum Gasteiger partial charge on any atom is 0.238 e. The molecule has 140 valence electrons. The van der Waals surface area contributed by atoms with Crippen molar-refractivity contribution in [1.82, 2.24) is 15.0 Å². The minimum absolute atomic E-state index is 0.0632. The molecule has 1 aliphatic rings. The summed E-state index contributed by atoms with van der Waals surface area (Å²) >= 11 is 0. The molecule has 0 spiro atoms. The number of hydrogen-bond acceptors (Lipinski definition) is 5. The van der Waals surface area contributed by atoms with Gasteiger partial charge in [-0.05, 0) is 31.4 Å². The van der Waals surface area contributed by atoms with Crippen LogP contribution >= 0.6 is 0 Å². The van der Waals surface area contributed by atoms with Gasteiger partial charge in [-0.2, -0.15) is 0 Å². The SMILES string of the molecule is CCc1cccc(C)c1NC(=O)CN1CCN(Cc2cc(C)no2)CC1. The normalized spacial score (nSPS) is 16.0. The van der Waals surface area contributed by atoms with Crippen LogP contribution in [0.3, 0.4) is 0 Å². The number of hydrogen-bond donors (Lipinski definition) is 1. The fourth-order valence-electron chi connectivity index (χ4n) is 3.40. The fraction of sp³-hybridized carbons (Fsp3) is 0.500. The van der Waals surface area contributed by atoms with Gasteiger partial charge in [-0.25, -0.2) is 0 Å². The highest BCUT2D eigenvalue weighted by Crippen LogP contribution is 2.21. The van der Waals surface area contributed by atoms with Crippen molar-refractivity contribution in [2.45, 2.75) is 33.7 Å². The topological polar surface area (TPSA) is 61.6 Å². The number of piperazine rings is 1. The van der Waals surface area contributed by atoms with Gasteiger partial charge >= 0.3 is 0 Å². The van der Waals surface area contributed by atoms with Gasteiger partial charge in [0.1, 0.15) is 0 Å². The van der Waals surface area contributed by atoms with Gasteiger partial charge in [0.05, 0.1) is 18.8 Å². The number of rotatable bonds is 6. The molecular formula is C20H28N4O2. The van der Waals surface area contributed by atoms with E-state index in [1.165, 1.54) is 5.56 Å². The van der Waals surface area contributed by atoms with Gasteiger partial charge in [-0.1, -0.05) is 30.3 Å². The van der Waals surface area contributed by atoms with Crippen LogP contribution in [0.1, 0.15) is 29.5 Å². The van der Waals surface area contributed by atoms with Crippen molar-refractivity contribution in [2.75, 3.05) is 38.0 Å². The van der Waals surface area contributed by atoms with Crippen LogP contribution in [0.2, 0.25) is 0 Å². The molecule has 1 aliphatic heterocycles. The molecule has 3 rings (SSSR count). The summed E-state index contributed by atoms with van der Waals surface area (Å²) in [6.07, 6.45) is 0.914. The van der Waals surface area contributed by atoms with Crippen molar-refractivity contribution in [3.63, 3.8) is 0 Å². The smallest absolute Gasteiger partial charge is 0.238 e. The van der Waals surface area contributed by atoms with E-state index in [2.05, 4.69) is 33.3 Å². The molecule has 0 unspecified atom stereocenters. The van der Waals surface area contributed by atoms with E-state index < -0.39 is 0 Å². The van der Waals surface area contributed by atoms with Crippen molar-refractivity contribution in [3.05, 3.63) is 46.8 Å². The molecule has 1 aromatic carbocycles. The van der Waals surface area contributed by atoms with Gasteiger partial charge in [0.25, 0.3) is 0 Å². The Morgan fingerprint density at radius 1 is 1.19 bits per heavy atom. The Morgan fingerprint density at radius 2 is 1.92 bits per heavy atom. The molecule has 6 nitrogen and oxygen atoms in total. The second kappa shape index (κ2) is 8.47. The summed E-state index contributed by atoms with van der Waals surface area (Å²) in [6.45, 7) is 10.9. The molecule has 2 aromatic rings. The summed E-state index contributed by atoms with van der Waals surface area (Å²) in [5.41, 5.74) is 4.19. The van der Waals surface area contributed by atoms with Crippen molar-refractivity contribution < 1.29 is 9.32 Å². The van der Waals surface area contributed by atoms with Crippen LogP contribution in [0.4, 0.5) is 5.69 Å². The molecule has 0 aliphatic carbocycles. The van der Waals surface area contributed by atoms with E-state index in [0.717, 1.165) is 61.8 Å². The van der Waals surface area contributed by atoms with E-state index in [1.807, 2.05) is 32.0 Å². The Hall–Kier alpha value is -2.18. The van der Waals surface area contributed by atoms with E-state index in [-0.39, 0.29) is 5.91 Å². The summed E-state index contributed by atoms with van der Waals surface area (Å²) in [5.74, 6) is 0.966. The molecule has 1 N–H and O–H groups in total. The molecule has 1 fully saturated rings. The first kappa shape index (κ1) is 18.6. The number of anilines is 1. The average Bonchev–Trinajstić information content (AvgIpc) is 3.03. The number of aryl methyl sites for hydroxylation is 3. The molecular weight excluding hydrogens is 328 g/mol. The number of nitrogens with one attached hydrogen (secondary N) is 1. The van der Waals surface area contributed by atoms with Crippen LogP contribution in [0.5, 0.6) is 0 Å².